The third-order valence-electron chi connectivity index (χ3n) is 3.23. The zero-order chi connectivity index (χ0) is 12.3. The van der Waals surface area contributed by atoms with Gasteiger partial charge < -0.3 is 12.4 Å². The van der Waals surface area contributed by atoms with Crippen molar-refractivity contribution in [1.82, 2.24) is 0 Å². The van der Waals surface area contributed by atoms with Crippen molar-refractivity contribution in [2.45, 2.75) is 71.8 Å². The molecule has 0 aliphatic rings. The van der Waals surface area contributed by atoms with E-state index in [0.29, 0.717) is 0 Å². The maximum atomic E-state index is 2.35. The van der Waals surface area contributed by atoms with Crippen molar-refractivity contribution in [1.29, 1.82) is 0 Å². The van der Waals surface area contributed by atoms with E-state index in [1.807, 2.05) is 0 Å². The number of halogens is 1. The number of hydrogen-bond acceptors (Lipinski definition) is 0. The number of nitrogens with zero attached hydrogens (tertiary/aromatic N) is 1. The number of aromatic nitrogens is 1. The molecule has 1 rings (SSSR count). The molecule has 0 saturated heterocycles. The van der Waals surface area contributed by atoms with E-state index in [1.54, 1.807) is 0 Å². The number of unbranched alkanes of at least 4 members (excludes halogenated alkanes) is 5. The van der Waals surface area contributed by atoms with Crippen LogP contribution in [0.15, 0.2) is 24.5 Å². The molecule has 1 aromatic heterocycles. The Morgan fingerprint density at radius 3 is 2.39 bits per heavy atom. The maximum absolute atomic E-state index is 2.35. The summed E-state index contributed by atoms with van der Waals surface area (Å²) in [6, 6.07) is 4.42. The second-order valence-electron chi connectivity index (χ2n) is 4.97. The van der Waals surface area contributed by atoms with Crippen molar-refractivity contribution in [3.8, 4) is 0 Å². The minimum Gasteiger partial charge on any atom is -1.00 e. The van der Waals surface area contributed by atoms with Crippen LogP contribution in [0.5, 0.6) is 0 Å². The third-order valence-corrected chi connectivity index (χ3v) is 3.23. The Balaban J connectivity index is 0.00000289. The van der Waals surface area contributed by atoms with Gasteiger partial charge in [-0.15, -0.1) is 0 Å². The van der Waals surface area contributed by atoms with Crippen LogP contribution in [0.1, 0.15) is 64.4 Å². The first-order chi connectivity index (χ1) is 8.36. The molecule has 0 aromatic carbocycles. The van der Waals surface area contributed by atoms with Gasteiger partial charge in [0.1, 0.15) is 6.54 Å². The van der Waals surface area contributed by atoms with Gasteiger partial charge in [-0.1, -0.05) is 46.0 Å². The monoisotopic (exact) mass is 269 g/mol. The normalized spacial score (nSPS) is 10.1. The summed E-state index contributed by atoms with van der Waals surface area (Å²) in [6.07, 6.45) is 15.2. The van der Waals surface area contributed by atoms with E-state index in [2.05, 4.69) is 42.9 Å². The zero-order valence-electron chi connectivity index (χ0n) is 12.0. The largest absolute Gasteiger partial charge is 1.00 e. The number of hydrogen-bond donors (Lipinski definition) is 0. The van der Waals surface area contributed by atoms with Crippen molar-refractivity contribution in [2.75, 3.05) is 0 Å². The molecule has 0 amide bonds. The lowest BCUT2D eigenvalue weighted by molar-refractivity contribution is -0.697. The van der Waals surface area contributed by atoms with Gasteiger partial charge in [0.2, 0.25) is 0 Å². The molecule has 0 saturated carbocycles. The van der Waals surface area contributed by atoms with E-state index in [1.165, 1.54) is 63.5 Å². The lowest BCUT2D eigenvalue weighted by Gasteiger charge is -2.00. The van der Waals surface area contributed by atoms with Crippen molar-refractivity contribution >= 4 is 0 Å². The van der Waals surface area contributed by atoms with Crippen molar-refractivity contribution < 1.29 is 17.0 Å². The summed E-state index contributed by atoms with van der Waals surface area (Å²) in [7, 11) is 0. The topological polar surface area (TPSA) is 3.88 Å². The highest BCUT2D eigenvalue weighted by atomic mass is 35.5. The minimum atomic E-state index is 0. The number of rotatable bonds is 9. The Labute approximate surface area is 119 Å². The van der Waals surface area contributed by atoms with Crippen LogP contribution in [-0.2, 0) is 13.0 Å². The molecule has 0 unspecified atom stereocenters. The average molecular weight is 270 g/mol. The Morgan fingerprint density at radius 2 is 1.67 bits per heavy atom. The van der Waals surface area contributed by atoms with E-state index < -0.39 is 0 Å². The molecular weight excluding hydrogens is 242 g/mol. The first kappa shape index (κ1) is 17.4. The van der Waals surface area contributed by atoms with Crippen molar-refractivity contribution in [2.24, 2.45) is 0 Å². The first-order valence-corrected chi connectivity index (χ1v) is 7.34. The van der Waals surface area contributed by atoms with E-state index in [4.69, 9.17) is 0 Å². The third kappa shape index (κ3) is 7.71. The van der Waals surface area contributed by atoms with Crippen LogP contribution in [-0.4, -0.2) is 0 Å². The molecule has 0 N–H and O–H groups in total. The number of aryl methyl sites for hydroxylation is 2. The van der Waals surface area contributed by atoms with Crippen molar-refractivity contribution in [3.05, 3.63) is 30.1 Å². The molecule has 2 heteroatoms. The van der Waals surface area contributed by atoms with Crippen LogP contribution in [0, 0.1) is 0 Å². The lowest BCUT2D eigenvalue weighted by atomic mass is 10.1. The summed E-state index contributed by atoms with van der Waals surface area (Å²) < 4.78 is 2.35. The fourth-order valence-corrected chi connectivity index (χ4v) is 2.23. The smallest absolute Gasteiger partial charge is 0.171 e. The zero-order valence-corrected chi connectivity index (χ0v) is 12.8. The molecule has 1 nitrogen and oxygen atoms in total. The minimum absolute atomic E-state index is 0. The van der Waals surface area contributed by atoms with E-state index in [0.717, 1.165) is 0 Å². The summed E-state index contributed by atoms with van der Waals surface area (Å²) in [5, 5.41) is 0. The van der Waals surface area contributed by atoms with Crippen LogP contribution >= 0.6 is 0 Å². The van der Waals surface area contributed by atoms with Crippen LogP contribution in [0.2, 0.25) is 0 Å². The molecule has 104 valence electrons. The lowest BCUT2D eigenvalue weighted by Crippen LogP contribution is -3.00. The molecular formula is C16H28ClN. The molecule has 1 heterocycles. The molecule has 0 bridgehead atoms. The van der Waals surface area contributed by atoms with Gasteiger partial charge in [0.05, 0.1) is 0 Å². The van der Waals surface area contributed by atoms with Gasteiger partial charge in [-0.3, -0.25) is 0 Å². The summed E-state index contributed by atoms with van der Waals surface area (Å²) in [4.78, 5) is 0. The van der Waals surface area contributed by atoms with E-state index >= 15 is 0 Å². The molecule has 0 radical (unpaired) electrons. The van der Waals surface area contributed by atoms with Crippen LogP contribution in [0.3, 0.4) is 0 Å². The summed E-state index contributed by atoms with van der Waals surface area (Å²) in [5.41, 5.74) is 1.47. The Hall–Kier alpha value is -0.560. The highest BCUT2D eigenvalue weighted by molar-refractivity contribution is 5.04. The second-order valence-corrected chi connectivity index (χ2v) is 4.97. The highest BCUT2D eigenvalue weighted by Crippen LogP contribution is 2.05. The molecule has 18 heavy (non-hydrogen) atoms. The van der Waals surface area contributed by atoms with Gasteiger partial charge in [0, 0.05) is 18.1 Å². The fourth-order valence-electron chi connectivity index (χ4n) is 2.23. The molecule has 0 aliphatic heterocycles. The van der Waals surface area contributed by atoms with E-state index in [9.17, 15) is 0 Å². The van der Waals surface area contributed by atoms with Gasteiger partial charge in [0.15, 0.2) is 12.4 Å². The second kappa shape index (κ2) is 11.5. The van der Waals surface area contributed by atoms with Crippen molar-refractivity contribution in [3.63, 3.8) is 0 Å². The van der Waals surface area contributed by atoms with Crippen LogP contribution < -0.4 is 17.0 Å². The summed E-state index contributed by atoms with van der Waals surface area (Å²) in [5.74, 6) is 0. The van der Waals surface area contributed by atoms with Gasteiger partial charge in [-0.25, -0.2) is 4.57 Å². The summed E-state index contributed by atoms with van der Waals surface area (Å²) >= 11 is 0. The number of pyridine rings is 1. The van der Waals surface area contributed by atoms with Gasteiger partial charge >= 0.3 is 0 Å². The molecule has 0 atom stereocenters. The Bertz CT molecular complexity index is 299. The van der Waals surface area contributed by atoms with Crippen LogP contribution in [0.4, 0.5) is 0 Å². The van der Waals surface area contributed by atoms with E-state index in [-0.39, 0.29) is 12.4 Å². The van der Waals surface area contributed by atoms with Crippen LogP contribution in [0.25, 0.3) is 0 Å². The Kier molecular flexibility index (Phi) is 11.2. The van der Waals surface area contributed by atoms with Gasteiger partial charge in [0.25, 0.3) is 0 Å². The standard InChI is InChI=1S/C16H28N.ClH/c1-3-5-6-7-8-9-13-17-14-10-12-16(15-17)11-4-2;/h10,12,14-15H,3-9,11,13H2,1-2H3;1H/q+1;/p-1. The average Bonchev–Trinajstić information content (AvgIpc) is 2.35. The molecule has 1 aromatic rings. The Morgan fingerprint density at radius 1 is 0.944 bits per heavy atom. The van der Waals surface area contributed by atoms with Gasteiger partial charge in [-0.05, 0) is 18.9 Å². The maximum Gasteiger partial charge on any atom is 0.171 e. The predicted molar refractivity (Wildman–Crippen MR) is 74.0 cm³/mol. The summed E-state index contributed by atoms with van der Waals surface area (Å²) in [6.45, 7) is 5.70. The molecule has 0 fully saturated rings. The predicted octanol–water partition coefficient (Wildman–Crippen LogP) is 1.29. The fraction of sp³-hybridized carbons (Fsp3) is 0.688. The highest BCUT2D eigenvalue weighted by Gasteiger charge is 2.01. The molecule has 0 aliphatic carbocycles. The molecule has 0 spiro atoms. The van der Waals surface area contributed by atoms with Gasteiger partial charge in [-0.2, -0.15) is 0 Å². The quantitative estimate of drug-likeness (QED) is 0.470. The first-order valence-electron chi connectivity index (χ1n) is 7.34. The SMILES string of the molecule is CCCCCCCC[n+]1cccc(CCC)c1.[Cl-].